The third kappa shape index (κ3) is 5.50. The van der Waals surface area contributed by atoms with Crippen LogP contribution in [0.3, 0.4) is 0 Å². The fourth-order valence-corrected chi connectivity index (χ4v) is 1.49. The Morgan fingerprint density at radius 2 is 2.13 bits per heavy atom. The summed E-state index contributed by atoms with van der Waals surface area (Å²) in [6, 6.07) is 5.80. The molecule has 1 unspecified atom stereocenters. The van der Waals surface area contributed by atoms with E-state index in [2.05, 4.69) is 4.98 Å². The van der Waals surface area contributed by atoms with Gasteiger partial charge in [-0.15, -0.1) is 0 Å². The summed E-state index contributed by atoms with van der Waals surface area (Å²) in [6.07, 6.45) is 5.23. The Bertz CT molecular complexity index is 251. The minimum absolute atomic E-state index is 0.0348. The second kappa shape index (κ2) is 7.37. The summed E-state index contributed by atoms with van der Waals surface area (Å²) in [6.45, 7) is -0.0348. The molecule has 1 aromatic rings. The number of aliphatic hydroxyl groups excluding tert-OH is 1. The van der Waals surface area contributed by atoms with Crippen LogP contribution in [0.2, 0.25) is 0 Å². The monoisotopic (exact) mass is 208 g/mol. The van der Waals surface area contributed by atoms with E-state index >= 15 is 0 Å². The van der Waals surface area contributed by atoms with Gasteiger partial charge in [0.25, 0.3) is 0 Å². The highest BCUT2D eigenvalue weighted by molar-refractivity contribution is 5.03. The molecule has 83 valence electrons. The second-order valence-electron chi connectivity index (χ2n) is 3.71. The van der Waals surface area contributed by atoms with Gasteiger partial charge in [-0.05, 0) is 44.2 Å². The first-order valence-corrected chi connectivity index (χ1v) is 5.49. The number of aryl methyl sites for hydroxylation is 1. The molecule has 1 rings (SSSR count). The van der Waals surface area contributed by atoms with Crippen molar-refractivity contribution in [1.82, 2.24) is 4.98 Å². The number of nitrogens with zero attached hydrogens (tertiary/aromatic N) is 1. The van der Waals surface area contributed by atoms with Crippen LogP contribution in [-0.2, 0) is 11.5 Å². The van der Waals surface area contributed by atoms with E-state index in [4.69, 9.17) is 0 Å². The fourth-order valence-electron chi connectivity index (χ4n) is 1.49. The molecule has 1 radical (unpaired) electrons. The number of hydrogen-bond acceptors (Lipinski definition) is 2. The van der Waals surface area contributed by atoms with E-state index in [0.717, 1.165) is 31.4 Å². The number of hydrogen-bond donors (Lipinski definition) is 1. The maximum Gasteiger partial charge on any atom is 0.0822 e. The smallest absolute Gasteiger partial charge is 0.0822 e. The van der Waals surface area contributed by atoms with Crippen LogP contribution in [0.1, 0.15) is 31.4 Å². The average molecular weight is 208 g/mol. The predicted octanol–water partition coefficient (Wildman–Crippen LogP) is 1.98. The first kappa shape index (κ1) is 12.1. The second-order valence-corrected chi connectivity index (χ2v) is 3.71. The lowest BCUT2D eigenvalue weighted by Crippen LogP contribution is -2.08. The van der Waals surface area contributed by atoms with Gasteiger partial charge in [0, 0.05) is 11.9 Å². The van der Waals surface area contributed by atoms with Gasteiger partial charge in [-0.25, -0.2) is 5.11 Å². The van der Waals surface area contributed by atoms with Crippen LogP contribution < -0.4 is 0 Å². The highest BCUT2D eigenvalue weighted by atomic mass is 16.3. The number of aromatic nitrogens is 1. The van der Waals surface area contributed by atoms with Crippen LogP contribution in [-0.4, -0.2) is 22.8 Å². The summed E-state index contributed by atoms with van der Waals surface area (Å²) in [4.78, 5) is 4.19. The van der Waals surface area contributed by atoms with E-state index in [0.29, 0.717) is 6.42 Å². The summed E-state index contributed by atoms with van der Waals surface area (Å²) in [5.41, 5.74) is 1.01. The maximum absolute atomic E-state index is 10.2. The van der Waals surface area contributed by atoms with Gasteiger partial charge in [0.2, 0.25) is 0 Å². The molecular formula is C12H18NO2. The van der Waals surface area contributed by atoms with Gasteiger partial charge in [-0.2, -0.15) is 0 Å². The van der Waals surface area contributed by atoms with Gasteiger partial charge in [-0.1, -0.05) is 6.07 Å². The van der Waals surface area contributed by atoms with Crippen LogP contribution >= 0.6 is 0 Å². The number of aliphatic hydroxyl groups is 1. The fraction of sp³-hybridized carbons (Fsp3) is 0.583. The molecule has 15 heavy (non-hydrogen) atoms. The van der Waals surface area contributed by atoms with Gasteiger partial charge < -0.3 is 5.11 Å². The molecule has 0 spiro atoms. The Morgan fingerprint density at radius 3 is 2.80 bits per heavy atom. The average Bonchev–Trinajstić information content (AvgIpc) is 2.28. The molecule has 0 aliphatic heterocycles. The van der Waals surface area contributed by atoms with E-state index < -0.39 is 0 Å². The summed E-state index contributed by atoms with van der Waals surface area (Å²) < 4.78 is 0. The van der Waals surface area contributed by atoms with Crippen molar-refractivity contribution in [2.45, 2.75) is 38.2 Å². The molecule has 1 aromatic heterocycles. The Morgan fingerprint density at radius 1 is 1.27 bits per heavy atom. The maximum atomic E-state index is 10.2. The van der Waals surface area contributed by atoms with Gasteiger partial charge >= 0.3 is 0 Å². The van der Waals surface area contributed by atoms with Crippen molar-refractivity contribution >= 4 is 0 Å². The first-order chi connectivity index (χ1) is 7.33. The largest absolute Gasteiger partial charge is 0.393 e. The molecule has 0 amide bonds. The minimum Gasteiger partial charge on any atom is -0.393 e. The lowest BCUT2D eigenvalue weighted by atomic mass is 10.1. The molecule has 0 fully saturated rings. The molecule has 1 atom stereocenters. The highest BCUT2D eigenvalue weighted by Crippen LogP contribution is 2.07. The van der Waals surface area contributed by atoms with Crippen molar-refractivity contribution in [3.05, 3.63) is 30.1 Å². The molecule has 3 nitrogen and oxygen atoms in total. The summed E-state index contributed by atoms with van der Waals surface area (Å²) in [5, 5.41) is 19.8. The SMILES string of the molecule is [O]CCCCC(O)CCc1ccccn1. The standard InChI is InChI=1S/C12H18NO2/c14-10-4-2-6-12(15)8-7-11-5-1-3-9-13-11/h1,3,5,9,12,15H,2,4,6-8,10H2. The van der Waals surface area contributed by atoms with Gasteiger partial charge in [0.1, 0.15) is 0 Å². The minimum atomic E-state index is -0.293. The molecular weight excluding hydrogens is 190 g/mol. The zero-order valence-corrected chi connectivity index (χ0v) is 8.93. The van der Waals surface area contributed by atoms with Crippen LogP contribution in [0.5, 0.6) is 0 Å². The van der Waals surface area contributed by atoms with Crippen molar-refractivity contribution < 1.29 is 10.2 Å². The van der Waals surface area contributed by atoms with Crippen molar-refractivity contribution in [1.29, 1.82) is 0 Å². The lowest BCUT2D eigenvalue weighted by Gasteiger charge is -2.08. The van der Waals surface area contributed by atoms with E-state index in [9.17, 15) is 10.2 Å². The molecule has 0 aliphatic rings. The van der Waals surface area contributed by atoms with E-state index in [1.54, 1.807) is 6.20 Å². The number of unbranched alkanes of at least 4 members (excludes halogenated alkanes) is 1. The van der Waals surface area contributed by atoms with Crippen LogP contribution in [0.25, 0.3) is 0 Å². The zero-order chi connectivity index (χ0) is 10.9. The van der Waals surface area contributed by atoms with Crippen molar-refractivity contribution in [2.75, 3.05) is 6.61 Å². The van der Waals surface area contributed by atoms with Crippen LogP contribution in [0.4, 0.5) is 0 Å². The Hall–Kier alpha value is -0.930. The molecule has 0 bridgehead atoms. The predicted molar refractivity (Wildman–Crippen MR) is 58.0 cm³/mol. The first-order valence-electron chi connectivity index (χ1n) is 5.49. The van der Waals surface area contributed by atoms with Crippen molar-refractivity contribution in [3.63, 3.8) is 0 Å². The summed E-state index contributed by atoms with van der Waals surface area (Å²) >= 11 is 0. The van der Waals surface area contributed by atoms with Gasteiger partial charge in [0.05, 0.1) is 12.7 Å². The third-order valence-corrected chi connectivity index (χ3v) is 2.39. The van der Waals surface area contributed by atoms with Crippen molar-refractivity contribution in [2.24, 2.45) is 0 Å². The Kier molecular flexibility index (Phi) is 5.97. The third-order valence-electron chi connectivity index (χ3n) is 2.39. The molecule has 0 aliphatic carbocycles. The summed E-state index contributed by atoms with van der Waals surface area (Å²) in [5.74, 6) is 0. The van der Waals surface area contributed by atoms with E-state index in [1.165, 1.54) is 0 Å². The van der Waals surface area contributed by atoms with Gasteiger partial charge in [-0.3, -0.25) is 4.98 Å². The van der Waals surface area contributed by atoms with E-state index in [1.807, 2.05) is 18.2 Å². The Labute approximate surface area is 90.8 Å². The molecule has 1 N–H and O–H groups in total. The van der Waals surface area contributed by atoms with Crippen LogP contribution in [0.15, 0.2) is 24.4 Å². The zero-order valence-electron chi connectivity index (χ0n) is 8.93. The van der Waals surface area contributed by atoms with Gasteiger partial charge in [0.15, 0.2) is 0 Å². The molecule has 3 heteroatoms. The lowest BCUT2D eigenvalue weighted by molar-refractivity contribution is 0.139. The summed E-state index contributed by atoms with van der Waals surface area (Å²) in [7, 11) is 0. The topological polar surface area (TPSA) is 53.0 Å². The molecule has 0 aromatic carbocycles. The number of rotatable bonds is 7. The Balaban J connectivity index is 2.14. The van der Waals surface area contributed by atoms with Crippen molar-refractivity contribution in [3.8, 4) is 0 Å². The quantitative estimate of drug-likeness (QED) is 0.696. The number of pyridine rings is 1. The molecule has 0 saturated carbocycles. The highest BCUT2D eigenvalue weighted by Gasteiger charge is 2.04. The van der Waals surface area contributed by atoms with E-state index in [-0.39, 0.29) is 12.7 Å². The molecule has 0 saturated heterocycles. The van der Waals surface area contributed by atoms with Crippen LogP contribution in [0, 0.1) is 0 Å². The molecule has 1 heterocycles. The normalized spacial score (nSPS) is 12.7.